The van der Waals surface area contributed by atoms with E-state index >= 15 is 0 Å². The molecule has 0 radical (unpaired) electrons. The van der Waals surface area contributed by atoms with Crippen molar-refractivity contribution in [2.24, 2.45) is 0 Å². The van der Waals surface area contributed by atoms with Crippen LogP contribution in [0.15, 0.2) is 60.8 Å². The van der Waals surface area contributed by atoms with Gasteiger partial charge in [-0.25, -0.2) is 9.18 Å². The highest BCUT2D eigenvalue weighted by molar-refractivity contribution is 5.91. The predicted octanol–water partition coefficient (Wildman–Crippen LogP) is 7.57. The van der Waals surface area contributed by atoms with E-state index < -0.39 is 11.8 Å². The lowest BCUT2D eigenvalue weighted by Crippen LogP contribution is -2.11. The van der Waals surface area contributed by atoms with Gasteiger partial charge in [-0.15, -0.1) is 0 Å². The molecule has 0 bridgehead atoms. The van der Waals surface area contributed by atoms with Gasteiger partial charge in [0.15, 0.2) is 0 Å². The number of esters is 1. The minimum Gasteiger partial charge on any atom is -0.423 e. The molecule has 4 heteroatoms. The number of pyridine rings is 1. The molecule has 0 aliphatic carbocycles. The number of unbranched alkanes of at least 4 members (excludes halogenated alkanes) is 4. The van der Waals surface area contributed by atoms with Crippen molar-refractivity contribution in [3.63, 3.8) is 0 Å². The van der Waals surface area contributed by atoms with E-state index in [1.807, 2.05) is 30.5 Å². The smallest absolute Gasteiger partial charge is 0.346 e. The maximum Gasteiger partial charge on any atom is 0.346 e. The molecule has 3 nitrogen and oxygen atoms in total. The van der Waals surface area contributed by atoms with E-state index in [4.69, 9.17) is 4.74 Å². The Hall–Kier alpha value is -3.01. The Morgan fingerprint density at radius 1 is 0.844 bits per heavy atom. The fourth-order valence-electron chi connectivity index (χ4n) is 3.62. The van der Waals surface area contributed by atoms with E-state index in [-0.39, 0.29) is 5.56 Å². The predicted molar refractivity (Wildman–Crippen MR) is 127 cm³/mol. The number of ether oxygens (including phenoxy) is 1. The van der Waals surface area contributed by atoms with E-state index in [0.717, 1.165) is 55.3 Å². The fraction of sp³-hybridized carbons (Fsp3) is 0.357. The molecular weight excluding hydrogens is 401 g/mol. The summed E-state index contributed by atoms with van der Waals surface area (Å²) in [6.45, 7) is 4.34. The maximum atomic E-state index is 14.5. The third kappa shape index (κ3) is 6.74. The Bertz CT molecular complexity index is 997. The summed E-state index contributed by atoms with van der Waals surface area (Å²) in [4.78, 5) is 17.0. The normalized spacial score (nSPS) is 10.8. The first-order valence-corrected chi connectivity index (χ1v) is 11.7. The number of carbonyl (C=O) groups is 1. The topological polar surface area (TPSA) is 39.2 Å². The van der Waals surface area contributed by atoms with E-state index in [1.165, 1.54) is 30.5 Å². The van der Waals surface area contributed by atoms with Crippen molar-refractivity contribution in [2.45, 2.75) is 65.2 Å². The number of nitrogens with zero attached hydrogens (tertiary/aromatic N) is 1. The van der Waals surface area contributed by atoms with Crippen LogP contribution in [-0.4, -0.2) is 11.0 Å². The van der Waals surface area contributed by atoms with E-state index in [2.05, 4.69) is 24.9 Å². The Kier molecular flexibility index (Phi) is 8.97. The third-order valence-electron chi connectivity index (χ3n) is 5.58. The van der Waals surface area contributed by atoms with Crippen molar-refractivity contribution in [2.75, 3.05) is 0 Å². The van der Waals surface area contributed by atoms with Gasteiger partial charge in [0.1, 0.15) is 11.6 Å². The number of rotatable bonds is 11. The molecule has 1 heterocycles. The van der Waals surface area contributed by atoms with Crippen molar-refractivity contribution in [3.8, 4) is 17.0 Å². The molecule has 0 atom stereocenters. The van der Waals surface area contributed by atoms with Crippen LogP contribution in [-0.2, 0) is 12.8 Å². The molecule has 0 saturated heterocycles. The Morgan fingerprint density at radius 3 is 2.22 bits per heavy atom. The molecule has 0 aliphatic heterocycles. The summed E-state index contributed by atoms with van der Waals surface area (Å²) in [5.41, 5.74) is 3.90. The molecule has 0 saturated carbocycles. The minimum atomic E-state index is -0.689. The number of aromatic nitrogens is 1. The molecule has 3 rings (SSSR count). The summed E-state index contributed by atoms with van der Waals surface area (Å²) >= 11 is 0. The van der Waals surface area contributed by atoms with Crippen LogP contribution < -0.4 is 4.74 Å². The van der Waals surface area contributed by atoms with Gasteiger partial charge in [-0.2, -0.15) is 0 Å². The summed E-state index contributed by atoms with van der Waals surface area (Å²) in [7, 11) is 0. The standard InChI is InChI=1S/C28H32FNO2/c1-3-5-7-8-10-21-11-17-25(26(29)19-21)28(31)32-24-15-13-23(14-16-24)27-18-12-22(20-30-27)9-6-4-2/h11-20H,3-10H2,1-2H3. The van der Waals surface area contributed by atoms with Crippen molar-refractivity contribution >= 4 is 5.97 Å². The number of carbonyl (C=O) groups excluding carboxylic acids is 1. The lowest BCUT2D eigenvalue weighted by Gasteiger charge is -2.08. The van der Waals surface area contributed by atoms with Crippen LogP contribution in [0.4, 0.5) is 4.39 Å². The lowest BCUT2D eigenvalue weighted by molar-refractivity contribution is 0.0730. The van der Waals surface area contributed by atoms with Crippen LogP contribution in [0.25, 0.3) is 11.3 Å². The maximum absolute atomic E-state index is 14.5. The number of aryl methyl sites for hydroxylation is 2. The molecule has 168 valence electrons. The zero-order chi connectivity index (χ0) is 22.8. The molecule has 1 aromatic heterocycles. The number of benzene rings is 2. The quantitative estimate of drug-likeness (QED) is 0.178. The molecule has 0 unspecified atom stereocenters. The molecule has 0 spiro atoms. The molecule has 0 amide bonds. The van der Waals surface area contributed by atoms with Gasteiger partial charge in [0, 0.05) is 11.8 Å². The van der Waals surface area contributed by atoms with Gasteiger partial charge < -0.3 is 4.74 Å². The second-order valence-electron chi connectivity index (χ2n) is 8.19. The van der Waals surface area contributed by atoms with Gasteiger partial charge in [0.2, 0.25) is 0 Å². The first-order chi connectivity index (χ1) is 15.6. The van der Waals surface area contributed by atoms with Crippen molar-refractivity contribution in [1.82, 2.24) is 4.98 Å². The Morgan fingerprint density at radius 2 is 1.56 bits per heavy atom. The van der Waals surface area contributed by atoms with Gasteiger partial charge in [-0.1, -0.05) is 51.7 Å². The second kappa shape index (κ2) is 12.1. The van der Waals surface area contributed by atoms with Crippen LogP contribution >= 0.6 is 0 Å². The number of hydrogen-bond donors (Lipinski definition) is 0. The van der Waals surface area contributed by atoms with Gasteiger partial charge in [0.25, 0.3) is 0 Å². The zero-order valence-corrected chi connectivity index (χ0v) is 19.1. The third-order valence-corrected chi connectivity index (χ3v) is 5.58. The minimum absolute atomic E-state index is 0.0456. The summed E-state index contributed by atoms with van der Waals surface area (Å²) in [6.07, 6.45) is 10.6. The van der Waals surface area contributed by atoms with Gasteiger partial charge >= 0.3 is 5.97 Å². The Balaban J connectivity index is 1.59. The molecule has 2 aromatic carbocycles. The first kappa shape index (κ1) is 23.6. The summed E-state index contributed by atoms with van der Waals surface area (Å²) < 4.78 is 19.9. The SMILES string of the molecule is CCCCCCc1ccc(C(=O)Oc2ccc(-c3ccc(CCCC)cn3)cc2)c(F)c1. The summed E-state index contributed by atoms with van der Waals surface area (Å²) in [6, 6.07) is 16.0. The summed E-state index contributed by atoms with van der Waals surface area (Å²) in [5.74, 6) is -0.848. The first-order valence-electron chi connectivity index (χ1n) is 11.7. The van der Waals surface area contributed by atoms with Crippen molar-refractivity contribution in [3.05, 3.63) is 83.3 Å². The van der Waals surface area contributed by atoms with Crippen LogP contribution in [0, 0.1) is 5.82 Å². The van der Waals surface area contributed by atoms with E-state index in [9.17, 15) is 9.18 Å². The largest absolute Gasteiger partial charge is 0.423 e. The molecular formula is C28H32FNO2. The molecule has 0 fully saturated rings. The van der Waals surface area contributed by atoms with Crippen LogP contribution in [0.5, 0.6) is 5.75 Å². The molecule has 0 aliphatic rings. The average Bonchev–Trinajstić information content (AvgIpc) is 2.81. The van der Waals surface area contributed by atoms with E-state index in [1.54, 1.807) is 12.1 Å². The van der Waals surface area contributed by atoms with Crippen LogP contribution in [0.3, 0.4) is 0 Å². The van der Waals surface area contributed by atoms with E-state index in [0.29, 0.717) is 5.75 Å². The highest BCUT2D eigenvalue weighted by Crippen LogP contribution is 2.23. The average molecular weight is 434 g/mol. The molecule has 32 heavy (non-hydrogen) atoms. The van der Waals surface area contributed by atoms with Crippen LogP contribution in [0.1, 0.15) is 73.9 Å². The monoisotopic (exact) mass is 433 g/mol. The van der Waals surface area contributed by atoms with Gasteiger partial charge in [-0.05, 0) is 79.3 Å². The number of halogens is 1. The van der Waals surface area contributed by atoms with Gasteiger partial charge in [-0.3, -0.25) is 4.98 Å². The van der Waals surface area contributed by atoms with Crippen LogP contribution in [0.2, 0.25) is 0 Å². The fourth-order valence-corrected chi connectivity index (χ4v) is 3.62. The highest BCUT2D eigenvalue weighted by atomic mass is 19.1. The lowest BCUT2D eigenvalue weighted by atomic mass is 10.0. The van der Waals surface area contributed by atoms with Gasteiger partial charge in [0.05, 0.1) is 11.3 Å². The highest BCUT2D eigenvalue weighted by Gasteiger charge is 2.15. The zero-order valence-electron chi connectivity index (χ0n) is 19.1. The van der Waals surface area contributed by atoms with Crippen molar-refractivity contribution in [1.29, 1.82) is 0 Å². The summed E-state index contributed by atoms with van der Waals surface area (Å²) in [5, 5.41) is 0. The van der Waals surface area contributed by atoms with Crippen molar-refractivity contribution < 1.29 is 13.9 Å². The number of hydrogen-bond acceptors (Lipinski definition) is 3. The second-order valence-corrected chi connectivity index (χ2v) is 8.19. The Labute approximate surface area is 190 Å². The molecule has 0 N–H and O–H groups in total. The molecule has 3 aromatic rings.